The highest BCUT2D eigenvalue weighted by molar-refractivity contribution is 6.51. The summed E-state index contributed by atoms with van der Waals surface area (Å²) in [6.07, 6.45) is 0. The van der Waals surface area contributed by atoms with Crippen LogP contribution >= 0.6 is 0 Å². The highest BCUT2D eigenvalue weighted by atomic mass is 19.1. The molecule has 5 nitrogen and oxygen atoms in total. The first kappa shape index (κ1) is 20.3. The van der Waals surface area contributed by atoms with Crippen LogP contribution in [0.25, 0.3) is 5.76 Å². The number of anilines is 1. The second-order valence-corrected chi connectivity index (χ2v) is 7.54. The van der Waals surface area contributed by atoms with Gasteiger partial charge in [-0.05, 0) is 60.9 Å². The molecule has 1 aliphatic heterocycles. The predicted molar refractivity (Wildman–Crippen MR) is 115 cm³/mol. The molecule has 1 fully saturated rings. The summed E-state index contributed by atoms with van der Waals surface area (Å²) in [5.74, 6) is -2.75. The fourth-order valence-electron chi connectivity index (χ4n) is 3.81. The molecule has 0 saturated carbocycles. The van der Waals surface area contributed by atoms with Crippen molar-refractivity contribution in [1.29, 1.82) is 0 Å². The van der Waals surface area contributed by atoms with Crippen LogP contribution in [-0.2, 0) is 9.59 Å². The quantitative estimate of drug-likeness (QED) is 0.365. The van der Waals surface area contributed by atoms with E-state index in [9.17, 15) is 24.2 Å². The number of halogens is 1. The van der Waals surface area contributed by atoms with Crippen LogP contribution in [0.2, 0.25) is 0 Å². The Morgan fingerprint density at radius 2 is 1.68 bits per heavy atom. The zero-order valence-electron chi connectivity index (χ0n) is 17.0. The number of aromatic hydroxyl groups is 1. The largest absolute Gasteiger partial charge is 0.507 e. The first-order valence-electron chi connectivity index (χ1n) is 9.71. The van der Waals surface area contributed by atoms with Gasteiger partial charge in [-0.15, -0.1) is 0 Å². The van der Waals surface area contributed by atoms with Crippen LogP contribution in [0.5, 0.6) is 5.75 Å². The molecule has 1 unspecified atom stereocenters. The molecular formula is C25H20FNO4. The molecular weight excluding hydrogens is 397 g/mol. The van der Waals surface area contributed by atoms with Crippen LogP contribution in [0.3, 0.4) is 0 Å². The Labute approximate surface area is 178 Å². The van der Waals surface area contributed by atoms with Gasteiger partial charge in [-0.25, -0.2) is 4.39 Å². The van der Waals surface area contributed by atoms with Crippen LogP contribution in [0.4, 0.5) is 10.1 Å². The van der Waals surface area contributed by atoms with Crippen molar-refractivity contribution in [2.45, 2.75) is 19.9 Å². The number of nitrogens with zero attached hydrogens (tertiary/aromatic N) is 1. The summed E-state index contributed by atoms with van der Waals surface area (Å²) in [6, 6.07) is 16.6. The highest BCUT2D eigenvalue weighted by Crippen LogP contribution is 2.44. The molecule has 0 radical (unpaired) electrons. The lowest BCUT2D eigenvalue weighted by Gasteiger charge is -2.26. The van der Waals surface area contributed by atoms with E-state index in [4.69, 9.17) is 0 Å². The molecule has 1 aliphatic rings. The van der Waals surface area contributed by atoms with Gasteiger partial charge in [-0.2, -0.15) is 0 Å². The van der Waals surface area contributed by atoms with Gasteiger partial charge in [0.15, 0.2) is 0 Å². The fraction of sp³-hybridized carbons (Fsp3) is 0.120. The molecule has 3 aromatic rings. The van der Waals surface area contributed by atoms with Crippen molar-refractivity contribution in [2.75, 3.05) is 4.90 Å². The summed E-state index contributed by atoms with van der Waals surface area (Å²) in [7, 11) is 0. The zero-order valence-corrected chi connectivity index (χ0v) is 17.0. The van der Waals surface area contributed by atoms with Crippen molar-refractivity contribution < 1.29 is 24.2 Å². The number of phenolic OH excluding ortho intramolecular Hbond substituents is 1. The molecule has 0 bridgehead atoms. The lowest BCUT2D eigenvalue weighted by Crippen LogP contribution is -2.29. The molecule has 1 atom stereocenters. The molecule has 1 saturated heterocycles. The number of aliphatic hydroxyl groups excluding tert-OH is 1. The van der Waals surface area contributed by atoms with E-state index in [1.54, 1.807) is 56.3 Å². The molecule has 3 aromatic carbocycles. The Hall–Kier alpha value is -3.93. The number of benzene rings is 3. The highest BCUT2D eigenvalue weighted by Gasteiger charge is 2.47. The average molecular weight is 417 g/mol. The second kappa shape index (κ2) is 7.72. The molecule has 156 valence electrons. The van der Waals surface area contributed by atoms with Gasteiger partial charge in [0.25, 0.3) is 11.7 Å². The van der Waals surface area contributed by atoms with Crippen LogP contribution in [0.15, 0.2) is 72.3 Å². The summed E-state index contributed by atoms with van der Waals surface area (Å²) < 4.78 is 13.7. The van der Waals surface area contributed by atoms with E-state index in [2.05, 4.69) is 0 Å². The molecule has 1 amide bonds. The molecule has 0 spiro atoms. The van der Waals surface area contributed by atoms with Gasteiger partial charge < -0.3 is 10.2 Å². The maximum absolute atomic E-state index is 13.7. The fourth-order valence-corrected chi connectivity index (χ4v) is 3.81. The smallest absolute Gasteiger partial charge is 0.300 e. The number of phenols is 1. The third-order valence-corrected chi connectivity index (χ3v) is 5.38. The third kappa shape index (κ3) is 3.46. The van der Waals surface area contributed by atoms with Gasteiger partial charge in [0, 0.05) is 5.56 Å². The maximum Gasteiger partial charge on any atom is 0.300 e. The standard InChI is InChI=1S/C25H20FNO4/c1-14-8-11-20(28)19(12-14)27-22(16-6-4-3-5-7-16)21(24(30)25(27)31)23(29)17-9-10-18(26)15(2)13-17/h3-13,22,28-29H,1-2H3/b23-21-. The monoisotopic (exact) mass is 417 g/mol. The SMILES string of the molecule is Cc1ccc(O)c(N2C(=O)C(=O)/C(=C(\O)c3ccc(F)c(C)c3)C2c2ccccc2)c1. The van der Waals surface area contributed by atoms with Crippen molar-refractivity contribution >= 4 is 23.1 Å². The number of hydrogen-bond acceptors (Lipinski definition) is 4. The van der Waals surface area contributed by atoms with E-state index in [0.717, 1.165) is 5.56 Å². The van der Waals surface area contributed by atoms with Crippen molar-refractivity contribution in [3.63, 3.8) is 0 Å². The first-order chi connectivity index (χ1) is 14.8. The van der Waals surface area contributed by atoms with E-state index in [1.807, 2.05) is 0 Å². The first-order valence-corrected chi connectivity index (χ1v) is 9.71. The molecule has 2 N–H and O–H groups in total. The summed E-state index contributed by atoms with van der Waals surface area (Å²) in [5, 5.41) is 21.5. The normalized spacial score (nSPS) is 17.9. The number of Topliss-reactive ketones (excluding diaryl/α,β-unsaturated/α-hetero) is 1. The number of amides is 1. The van der Waals surface area contributed by atoms with Gasteiger partial charge in [0.05, 0.1) is 17.3 Å². The lowest BCUT2D eigenvalue weighted by atomic mass is 9.94. The van der Waals surface area contributed by atoms with E-state index < -0.39 is 29.3 Å². The zero-order chi connectivity index (χ0) is 22.3. The minimum Gasteiger partial charge on any atom is -0.507 e. The number of rotatable bonds is 3. The second-order valence-electron chi connectivity index (χ2n) is 7.54. The number of carbonyl (C=O) groups is 2. The topological polar surface area (TPSA) is 77.8 Å². The maximum atomic E-state index is 13.7. The molecule has 31 heavy (non-hydrogen) atoms. The van der Waals surface area contributed by atoms with Gasteiger partial charge in [-0.3, -0.25) is 14.5 Å². The minimum absolute atomic E-state index is 0.122. The Kier molecular flexibility index (Phi) is 5.07. The predicted octanol–water partition coefficient (Wildman–Crippen LogP) is 4.77. The van der Waals surface area contributed by atoms with Gasteiger partial charge in [0.1, 0.15) is 17.3 Å². The number of hydrogen-bond donors (Lipinski definition) is 2. The Morgan fingerprint density at radius 1 is 0.968 bits per heavy atom. The van der Waals surface area contributed by atoms with Crippen LogP contribution in [0, 0.1) is 19.7 Å². The number of aliphatic hydroxyl groups is 1. The number of aryl methyl sites for hydroxylation is 2. The van der Waals surface area contributed by atoms with Gasteiger partial charge in [-0.1, -0.05) is 36.4 Å². The van der Waals surface area contributed by atoms with Crippen molar-refractivity contribution in [3.05, 3.63) is 100 Å². The van der Waals surface area contributed by atoms with Crippen LogP contribution < -0.4 is 4.90 Å². The van der Waals surface area contributed by atoms with Crippen molar-refractivity contribution in [2.24, 2.45) is 0 Å². The van der Waals surface area contributed by atoms with Gasteiger partial charge >= 0.3 is 0 Å². The Bertz CT molecular complexity index is 1230. The summed E-state index contributed by atoms with van der Waals surface area (Å²) in [5.41, 5.74) is 1.95. The molecule has 0 aromatic heterocycles. The van der Waals surface area contributed by atoms with E-state index in [1.165, 1.54) is 29.2 Å². The third-order valence-electron chi connectivity index (χ3n) is 5.38. The lowest BCUT2D eigenvalue weighted by molar-refractivity contribution is -0.132. The van der Waals surface area contributed by atoms with Crippen LogP contribution in [-0.4, -0.2) is 21.9 Å². The summed E-state index contributed by atoms with van der Waals surface area (Å²) in [6.45, 7) is 3.35. The molecule has 4 rings (SSSR count). The summed E-state index contributed by atoms with van der Waals surface area (Å²) >= 11 is 0. The number of ketones is 1. The Morgan fingerprint density at radius 3 is 2.35 bits per heavy atom. The minimum atomic E-state index is -0.959. The Balaban J connectivity index is 1.98. The average Bonchev–Trinajstić information content (AvgIpc) is 3.02. The molecule has 0 aliphatic carbocycles. The van der Waals surface area contributed by atoms with E-state index >= 15 is 0 Å². The molecule has 1 heterocycles. The van der Waals surface area contributed by atoms with Crippen molar-refractivity contribution in [1.82, 2.24) is 0 Å². The number of carbonyl (C=O) groups excluding carboxylic acids is 2. The summed E-state index contributed by atoms with van der Waals surface area (Å²) in [4.78, 5) is 27.3. The van der Waals surface area contributed by atoms with Crippen molar-refractivity contribution in [3.8, 4) is 5.75 Å². The van der Waals surface area contributed by atoms with E-state index in [0.29, 0.717) is 11.1 Å². The van der Waals surface area contributed by atoms with Crippen LogP contribution in [0.1, 0.15) is 28.3 Å². The van der Waals surface area contributed by atoms with E-state index in [-0.39, 0.29) is 22.6 Å². The van der Waals surface area contributed by atoms with Gasteiger partial charge in [0.2, 0.25) is 0 Å². The molecule has 6 heteroatoms.